The molecule has 0 aromatic rings. The molecular formula is C7H14O2SSn. The van der Waals surface area contributed by atoms with Gasteiger partial charge in [0.05, 0.1) is 0 Å². The van der Waals surface area contributed by atoms with Crippen LogP contribution in [0.4, 0.5) is 0 Å². The zero-order valence-electron chi connectivity index (χ0n) is 6.84. The third-order valence-corrected chi connectivity index (χ3v) is 4.31. The van der Waals surface area contributed by atoms with E-state index in [1.807, 2.05) is 0 Å². The number of carbonyl (C=O) groups excluding carboxylic acids is 1. The third-order valence-electron chi connectivity index (χ3n) is 1.23. The first-order valence-corrected chi connectivity index (χ1v) is 10.7. The second-order valence-corrected chi connectivity index (χ2v) is 7.11. The number of ether oxygens (including phenoxy) is 1. The van der Waals surface area contributed by atoms with Crippen molar-refractivity contribution in [2.75, 3.05) is 6.61 Å². The Kier molecular flexibility index (Phi) is 8.97. The van der Waals surface area contributed by atoms with Crippen LogP contribution in [0.2, 0.25) is 4.44 Å². The quantitative estimate of drug-likeness (QED) is 0.421. The molecule has 0 aliphatic heterocycles. The van der Waals surface area contributed by atoms with Gasteiger partial charge < -0.3 is 0 Å². The van der Waals surface area contributed by atoms with Gasteiger partial charge in [0.2, 0.25) is 0 Å². The molecule has 0 amide bonds. The number of hydrogen-bond donors (Lipinski definition) is 0. The normalized spacial score (nSPS) is 9.18. The van der Waals surface area contributed by atoms with Gasteiger partial charge in [-0.05, 0) is 0 Å². The SMILES string of the molecule is CCCCOC(=O)C[CH2][SnH]=[S]. The fraction of sp³-hybridized carbons (Fsp3) is 0.857. The van der Waals surface area contributed by atoms with Crippen molar-refractivity contribution in [3.63, 3.8) is 0 Å². The second-order valence-electron chi connectivity index (χ2n) is 2.28. The molecule has 0 aliphatic rings. The Morgan fingerprint density at radius 3 is 2.91 bits per heavy atom. The predicted octanol–water partition coefficient (Wildman–Crippen LogP) is 1.69. The Labute approximate surface area is 81.1 Å². The minimum absolute atomic E-state index is 0.0606. The number of esters is 1. The first-order valence-electron chi connectivity index (χ1n) is 3.90. The van der Waals surface area contributed by atoms with Gasteiger partial charge >= 0.3 is 81.2 Å². The summed E-state index contributed by atoms with van der Waals surface area (Å²) in [5.41, 5.74) is 0. The van der Waals surface area contributed by atoms with Crippen molar-refractivity contribution in [2.45, 2.75) is 30.6 Å². The van der Waals surface area contributed by atoms with E-state index in [0.717, 1.165) is 17.3 Å². The van der Waals surface area contributed by atoms with Crippen LogP contribution in [0, 0.1) is 0 Å². The van der Waals surface area contributed by atoms with Gasteiger partial charge in [-0.1, -0.05) is 0 Å². The van der Waals surface area contributed by atoms with Gasteiger partial charge in [0, 0.05) is 0 Å². The van der Waals surface area contributed by atoms with Crippen molar-refractivity contribution in [2.24, 2.45) is 0 Å². The molecule has 0 aliphatic carbocycles. The molecule has 0 aromatic carbocycles. The van der Waals surface area contributed by atoms with Gasteiger partial charge in [-0.2, -0.15) is 0 Å². The molecule has 0 atom stereocenters. The summed E-state index contributed by atoms with van der Waals surface area (Å²) in [5.74, 6) is -0.0606. The van der Waals surface area contributed by atoms with Crippen molar-refractivity contribution in [1.82, 2.24) is 0 Å². The third kappa shape index (κ3) is 8.39. The molecule has 0 N–H and O–H groups in total. The Morgan fingerprint density at radius 1 is 1.64 bits per heavy atom. The first-order chi connectivity index (χ1) is 5.31. The molecule has 11 heavy (non-hydrogen) atoms. The van der Waals surface area contributed by atoms with Crippen molar-refractivity contribution in [3.05, 3.63) is 0 Å². The fourth-order valence-corrected chi connectivity index (χ4v) is 2.38. The van der Waals surface area contributed by atoms with Crippen LogP contribution in [-0.2, 0) is 9.53 Å². The molecule has 0 fully saturated rings. The Hall–Kier alpha value is 0.489. The maximum atomic E-state index is 10.8. The van der Waals surface area contributed by atoms with Gasteiger partial charge in [-0.15, -0.1) is 0 Å². The Bertz CT molecular complexity index is 128. The maximum absolute atomic E-state index is 10.8. The monoisotopic (exact) mass is 282 g/mol. The summed E-state index contributed by atoms with van der Waals surface area (Å²) in [7, 11) is 4.89. The van der Waals surface area contributed by atoms with Gasteiger partial charge in [-0.25, -0.2) is 0 Å². The van der Waals surface area contributed by atoms with E-state index in [0.29, 0.717) is 13.0 Å². The summed E-state index contributed by atoms with van der Waals surface area (Å²) in [4.78, 5) is 10.8. The molecule has 0 bridgehead atoms. The number of rotatable bonds is 6. The van der Waals surface area contributed by atoms with Crippen molar-refractivity contribution >= 4 is 34.5 Å². The molecule has 64 valence electrons. The van der Waals surface area contributed by atoms with Crippen LogP contribution in [0.25, 0.3) is 0 Å². The molecule has 0 heterocycles. The summed E-state index contributed by atoms with van der Waals surface area (Å²) < 4.78 is 5.88. The van der Waals surface area contributed by atoms with E-state index in [-0.39, 0.29) is 5.97 Å². The molecule has 0 aromatic heterocycles. The van der Waals surface area contributed by atoms with Crippen LogP contribution >= 0.6 is 9.29 Å². The molecule has 0 radical (unpaired) electrons. The van der Waals surface area contributed by atoms with Crippen molar-refractivity contribution < 1.29 is 9.53 Å². The number of unbranched alkanes of at least 4 members (excludes halogenated alkanes) is 1. The minimum atomic E-state index is -0.749. The molecule has 0 saturated heterocycles. The summed E-state index contributed by atoms with van der Waals surface area (Å²) >= 11 is -0.749. The molecule has 4 heteroatoms. The zero-order valence-corrected chi connectivity index (χ0v) is 10.9. The summed E-state index contributed by atoms with van der Waals surface area (Å²) in [5, 5.41) is 0. The topological polar surface area (TPSA) is 26.3 Å². The van der Waals surface area contributed by atoms with E-state index in [1.165, 1.54) is 0 Å². The number of carbonyl (C=O) groups is 1. The number of hydrogen-bond acceptors (Lipinski definition) is 3. The molecule has 0 saturated carbocycles. The summed E-state index contributed by atoms with van der Waals surface area (Å²) in [6.07, 6.45) is 2.61. The molecule has 2 nitrogen and oxygen atoms in total. The van der Waals surface area contributed by atoms with Crippen LogP contribution < -0.4 is 0 Å². The molecule has 0 spiro atoms. The Morgan fingerprint density at radius 2 is 2.36 bits per heavy atom. The zero-order chi connectivity index (χ0) is 8.53. The van der Waals surface area contributed by atoms with Crippen molar-refractivity contribution in [1.29, 1.82) is 0 Å². The second kappa shape index (κ2) is 8.58. The molecular weight excluding hydrogens is 267 g/mol. The van der Waals surface area contributed by atoms with Crippen LogP contribution in [-0.4, -0.2) is 31.8 Å². The van der Waals surface area contributed by atoms with E-state index in [2.05, 4.69) is 6.92 Å². The van der Waals surface area contributed by atoms with E-state index in [9.17, 15) is 4.79 Å². The first kappa shape index (κ1) is 11.5. The van der Waals surface area contributed by atoms with Crippen LogP contribution in [0.15, 0.2) is 0 Å². The van der Waals surface area contributed by atoms with E-state index < -0.39 is 19.2 Å². The fourth-order valence-electron chi connectivity index (χ4n) is 0.579. The van der Waals surface area contributed by atoms with E-state index >= 15 is 0 Å². The predicted molar refractivity (Wildman–Crippen MR) is 50.0 cm³/mol. The van der Waals surface area contributed by atoms with E-state index in [4.69, 9.17) is 14.0 Å². The average Bonchev–Trinajstić information content (AvgIpc) is 2.01. The van der Waals surface area contributed by atoms with Gasteiger partial charge in [-0.3, -0.25) is 0 Å². The van der Waals surface area contributed by atoms with Crippen LogP contribution in [0.1, 0.15) is 26.2 Å². The Balaban J connectivity index is 3.15. The van der Waals surface area contributed by atoms with Crippen LogP contribution in [0.3, 0.4) is 0 Å². The average molecular weight is 281 g/mol. The van der Waals surface area contributed by atoms with Gasteiger partial charge in [0.25, 0.3) is 0 Å². The van der Waals surface area contributed by atoms with Gasteiger partial charge in [0.15, 0.2) is 0 Å². The van der Waals surface area contributed by atoms with Gasteiger partial charge in [0.1, 0.15) is 0 Å². The summed E-state index contributed by atoms with van der Waals surface area (Å²) in [6, 6.07) is 0. The van der Waals surface area contributed by atoms with E-state index in [1.54, 1.807) is 0 Å². The molecule has 0 unspecified atom stereocenters. The summed E-state index contributed by atoms with van der Waals surface area (Å²) in [6.45, 7) is 2.66. The van der Waals surface area contributed by atoms with Crippen molar-refractivity contribution in [3.8, 4) is 0 Å². The standard InChI is InChI=1S/C7H13O2.S.Sn.H/c1-3-5-6-9-7(8)4-2;;;/h2-6H2,1H3;;;. The van der Waals surface area contributed by atoms with Crippen LogP contribution in [0.5, 0.6) is 0 Å². The molecule has 0 rings (SSSR count).